The van der Waals surface area contributed by atoms with Crippen LogP contribution in [0, 0.1) is 17.8 Å². The summed E-state index contributed by atoms with van der Waals surface area (Å²) in [5.41, 5.74) is 0. The van der Waals surface area contributed by atoms with E-state index in [-0.39, 0.29) is 0 Å². The van der Waals surface area contributed by atoms with Crippen molar-refractivity contribution in [2.45, 2.75) is 72.1 Å². The van der Waals surface area contributed by atoms with E-state index >= 15 is 0 Å². The van der Waals surface area contributed by atoms with Gasteiger partial charge in [0.1, 0.15) is 5.78 Å². The molecular weight excluding hydrogens is 220 g/mol. The molecular formula is C17H30O. The molecule has 2 atom stereocenters. The second-order valence-electron chi connectivity index (χ2n) is 6.13. The third-order valence-corrected chi connectivity index (χ3v) is 4.23. The van der Waals surface area contributed by atoms with Gasteiger partial charge in [0.05, 0.1) is 0 Å². The van der Waals surface area contributed by atoms with Crippen LogP contribution in [0.5, 0.6) is 0 Å². The highest BCUT2D eigenvalue weighted by Gasteiger charge is 2.29. The molecule has 1 aliphatic carbocycles. The van der Waals surface area contributed by atoms with Crippen LogP contribution in [0.15, 0.2) is 12.2 Å². The summed E-state index contributed by atoms with van der Waals surface area (Å²) in [5.74, 6) is 2.40. The molecule has 18 heavy (non-hydrogen) atoms. The van der Waals surface area contributed by atoms with Crippen molar-refractivity contribution in [3.63, 3.8) is 0 Å². The zero-order chi connectivity index (χ0) is 13.4. The number of hydrogen-bond donors (Lipinski definition) is 0. The fourth-order valence-electron chi connectivity index (χ4n) is 3.06. The molecule has 0 radical (unpaired) electrons. The topological polar surface area (TPSA) is 17.1 Å². The Morgan fingerprint density at radius 3 is 2.72 bits per heavy atom. The van der Waals surface area contributed by atoms with Gasteiger partial charge in [-0.25, -0.2) is 0 Å². The van der Waals surface area contributed by atoms with E-state index in [4.69, 9.17) is 0 Å². The molecule has 0 spiro atoms. The average molecular weight is 250 g/mol. The van der Waals surface area contributed by atoms with Crippen molar-refractivity contribution in [2.24, 2.45) is 17.8 Å². The predicted molar refractivity (Wildman–Crippen MR) is 78.6 cm³/mol. The number of hydrogen-bond acceptors (Lipinski definition) is 1. The van der Waals surface area contributed by atoms with Crippen LogP contribution >= 0.6 is 0 Å². The molecule has 1 fully saturated rings. The second-order valence-corrected chi connectivity index (χ2v) is 6.13. The van der Waals surface area contributed by atoms with E-state index in [1.165, 1.54) is 32.1 Å². The smallest absolute Gasteiger partial charge is 0.133 e. The Labute approximate surface area is 113 Å². The first-order valence-electron chi connectivity index (χ1n) is 7.83. The molecule has 0 heterocycles. The molecule has 0 N–H and O–H groups in total. The molecule has 0 aromatic rings. The summed E-state index contributed by atoms with van der Waals surface area (Å²) in [6.45, 7) is 6.84. The van der Waals surface area contributed by atoms with E-state index in [9.17, 15) is 4.79 Å². The third kappa shape index (κ3) is 5.37. The molecule has 1 heteroatoms. The summed E-state index contributed by atoms with van der Waals surface area (Å²) < 4.78 is 0. The highest BCUT2D eigenvalue weighted by Crippen LogP contribution is 2.34. The first-order valence-corrected chi connectivity index (χ1v) is 7.83. The predicted octanol–water partition coefficient (Wildman–Crippen LogP) is 5.15. The molecule has 1 nitrogen and oxygen atoms in total. The zero-order valence-electron chi connectivity index (χ0n) is 12.5. The van der Waals surface area contributed by atoms with Crippen LogP contribution in [0.3, 0.4) is 0 Å². The minimum Gasteiger partial charge on any atom is -0.300 e. The molecule has 104 valence electrons. The Morgan fingerprint density at radius 2 is 2.06 bits per heavy atom. The van der Waals surface area contributed by atoms with Gasteiger partial charge in [-0.3, -0.25) is 4.79 Å². The molecule has 0 aliphatic heterocycles. The lowest BCUT2D eigenvalue weighted by Crippen LogP contribution is -2.27. The van der Waals surface area contributed by atoms with Gasteiger partial charge in [-0.15, -0.1) is 0 Å². The standard InChI is InChI=1S/C17H30O/c1-4-5-6-7-8-9-10-15-13-16(18)11-12-17(15)14(2)3/h9-10,14-15,17H,4-8,11-13H2,1-3H3/b10-9+. The van der Waals surface area contributed by atoms with Gasteiger partial charge in [0.15, 0.2) is 0 Å². The van der Waals surface area contributed by atoms with Gasteiger partial charge in [0.2, 0.25) is 0 Å². The maximum absolute atomic E-state index is 11.6. The highest BCUT2D eigenvalue weighted by atomic mass is 16.1. The highest BCUT2D eigenvalue weighted by molar-refractivity contribution is 5.79. The molecule has 1 rings (SSSR count). The van der Waals surface area contributed by atoms with Crippen LogP contribution in [0.25, 0.3) is 0 Å². The molecule has 0 aromatic heterocycles. The second kappa shape index (κ2) is 8.50. The van der Waals surface area contributed by atoms with E-state index in [2.05, 4.69) is 32.9 Å². The molecule has 0 saturated heterocycles. The number of Topliss-reactive ketones (excluding diaryl/α,β-unsaturated/α-hetero) is 1. The molecule has 2 unspecified atom stereocenters. The van der Waals surface area contributed by atoms with E-state index in [0.29, 0.717) is 17.6 Å². The number of allylic oxidation sites excluding steroid dienone is 2. The molecule has 0 amide bonds. The monoisotopic (exact) mass is 250 g/mol. The Morgan fingerprint density at radius 1 is 1.28 bits per heavy atom. The van der Waals surface area contributed by atoms with Crippen LogP contribution in [-0.4, -0.2) is 5.78 Å². The normalized spacial score (nSPS) is 25.2. The van der Waals surface area contributed by atoms with Crippen molar-refractivity contribution in [1.29, 1.82) is 0 Å². The van der Waals surface area contributed by atoms with E-state index in [1.54, 1.807) is 0 Å². The van der Waals surface area contributed by atoms with Gasteiger partial charge < -0.3 is 0 Å². The lowest BCUT2D eigenvalue weighted by molar-refractivity contribution is -0.122. The van der Waals surface area contributed by atoms with E-state index in [1.807, 2.05) is 0 Å². The van der Waals surface area contributed by atoms with Crippen LogP contribution in [0.2, 0.25) is 0 Å². The van der Waals surface area contributed by atoms with Gasteiger partial charge >= 0.3 is 0 Å². The lowest BCUT2D eigenvalue weighted by atomic mass is 9.73. The summed E-state index contributed by atoms with van der Waals surface area (Å²) in [6, 6.07) is 0. The Kier molecular flexibility index (Phi) is 7.31. The first-order chi connectivity index (χ1) is 8.65. The van der Waals surface area contributed by atoms with E-state index in [0.717, 1.165) is 25.2 Å². The van der Waals surface area contributed by atoms with Gasteiger partial charge in [0.25, 0.3) is 0 Å². The lowest BCUT2D eigenvalue weighted by Gasteiger charge is -2.31. The quantitative estimate of drug-likeness (QED) is 0.451. The minimum absolute atomic E-state index is 0.465. The Bertz CT molecular complexity index is 265. The number of rotatable bonds is 7. The van der Waals surface area contributed by atoms with Crippen LogP contribution in [0.4, 0.5) is 0 Å². The number of ketones is 1. The zero-order valence-corrected chi connectivity index (χ0v) is 12.5. The molecule has 1 aliphatic rings. The van der Waals surface area contributed by atoms with Crippen LogP contribution in [0.1, 0.15) is 72.1 Å². The fourth-order valence-corrected chi connectivity index (χ4v) is 3.06. The first kappa shape index (κ1) is 15.5. The fraction of sp³-hybridized carbons (Fsp3) is 0.824. The van der Waals surface area contributed by atoms with E-state index < -0.39 is 0 Å². The largest absolute Gasteiger partial charge is 0.300 e. The van der Waals surface area contributed by atoms with Crippen molar-refractivity contribution in [3.05, 3.63) is 12.2 Å². The third-order valence-electron chi connectivity index (χ3n) is 4.23. The van der Waals surface area contributed by atoms with Gasteiger partial charge in [0, 0.05) is 12.8 Å². The summed E-state index contributed by atoms with van der Waals surface area (Å²) in [7, 11) is 0. The Balaban J connectivity index is 2.35. The van der Waals surface area contributed by atoms with Crippen LogP contribution in [-0.2, 0) is 4.79 Å². The summed E-state index contributed by atoms with van der Waals surface area (Å²) >= 11 is 0. The van der Waals surface area contributed by atoms with Crippen molar-refractivity contribution in [2.75, 3.05) is 0 Å². The SMILES string of the molecule is CCCCCC/C=C/C1CC(=O)CCC1C(C)C. The van der Waals surface area contributed by atoms with Gasteiger partial charge in [-0.05, 0) is 37.0 Å². The van der Waals surface area contributed by atoms with Crippen molar-refractivity contribution in [1.82, 2.24) is 0 Å². The number of carbonyl (C=O) groups excluding carboxylic acids is 1. The summed E-state index contributed by atoms with van der Waals surface area (Å²) in [6.07, 6.45) is 13.9. The van der Waals surface area contributed by atoms with Crippen LogP contribution < -0.4 is 0 Å². The summed E-state index contributed by atoms with van der Waals surface area (Å²) in [4.78, 5) is 11.6. The van der Waals surface area contributed by atoms with Gasteiger partial charge in [-0.2, -0.15) is 0 Å². The average Bonchev–Trinajstić information content (AvgIpc) is 2.33. The number of unbranched alkanes of at least 4 members (excludes halogenated alkanes) is 4. The van der Waals surface area contributed by atoms with Crippen molar-refractivity contribution >= 4 is 5.78 Å². The Hall–Kier alpha value is -0.590. The van der Waals surface area contributed by atoms with Gasteiger partial charge in [-0.1, -0.05) is 52.2 Å². The molecule has 0 aromatic carbocycles. The van der Waals surface area contributed by atoms with Crippen molar-refractivity contribution in [3.8, 4) is 0 Å². The maximum atomic E-state index is 11.6. The van der Waals surface area contributed by atoms with Crippen molar-refractivity contribution < 1.29 is 4.79 Å². The number of carbonyl (C=O) groups is 1. The molecule has 1 saturated carbocycles. The molecule has 0 bridgehead atoms. The minimum atomic E-state index is 0.465. The maximum Gasteiger partial charge on any atom is 0.133 e. The summed E-state index contributed by atoms with van der Waals surface area (Å²) in [5, 5.41) is 0.